The molecule has 5 aliphatic rings. The summed E-state index contributed by atoms with van der Waals surface area (Å²) in [5.41, 5.74) is 2.56. The molecule has 0 bridgehead atoms. The summed E-state index contributed by atoms with van der Waals surface area (Å²) < 4.78 is 27.0. The van der Waals surface area contributed by atoms with Crippen LogP contribution in [-0.4, -0.2) is 80.1 Å². The number of ether oxygens (including phenoxy) is 2. The molecule has 0 unspecified atom stereocenters. The first kappa shape index (κ1) is 25.3. The molecule has 8 heteroatoms. The van der Waals surface area contributed by atoms with E-state index in [0.29, 0.717) is 36.5 Å². The molecule has 3 saturated heterocycles. The van der Waals surface area contributed by atoms with E-state index < -0.39 is 5.60 Å². The van der Waals surface area contributed by atoms with E-state index in [9.17, 15) is 9.90 Å². The molecule has 7 rings (SSSR count). The summed E-state index contributed by atoms with van der Waals surface area (Å²) in [6, 6.07) is 10.9. The van der Waals surface area contributed by atoms with Crippen molar-refractivity contribution in [3.05, 3.63) is 53.3 Å². The molecule has 4 heterocycles. The van der Waals surface area contributed by atoms with E-state index in [1.807, 2.05) is 30.3 Å². The molecule has 0 aromatic heterocycles. The molecule has 1 atom stereocenters. The van der Waals surface area contributed by atoms with Gasteiger partial charge in [0.25, 0.3) is 5.91 Å². The molecule has 0 radical (unpaired) electrons. The Morgan fingerprint density at radius 3 is 2.67 bits per heavy atom. The lowest BCUT2D eigenvalue weighted by molar-refractivity contribution is -0.0976. The molecule has 4 fully saturated rings. The number of amides is 1. The smallest absolute Gasteiger partial charge is 0.258 e. The van der Waals surface area contributed by atoms with Crippen LogP contribution >= 0.6 is 0 Å². The zero-order valence-corrected chi connectivity index (χ0v) is 22.5. The van der Waals surface area contributed by atoms with Crippen LogP contribution in [0.25, 0.3) is 0 Å². The van der Waals surface area contributed by atoms with E-state index in [2.05, 4.69) is 9.80 Å². The van der Waals surface area contributed by atoms with Gasteiger partial charge < -0.3 is 24.4 Å². The fraction of sp³-hybridized carbons (Fsp3) is 0.581. The van der Waals surface area contributed by atoms with Gasteiger partial charge in [-0.2, -0.15) is 0 Å². The number of fused-ring (bicyclic) bond motifs is 1. The van der Waals surface area contributed by atoms with Crippen LogP contribution in [0.4, 0.5) is 15.8 Å². The topological polar surface area (TPSA) is 65.5 Å². The minimum absolute atomic E-state index is 0.100. The Balaban J connectivity index is 0.981. The van der Waals surface area contributed by atoms with Crippen molar-refractivity contribution in [2.45, 2.75) is 56.7 Å². The lowest BCUT2D eigenvalue weighted by Crippen LogP contribution is -2.62. The number of aliphatic hydroxyl groups is 1. The maximum Gasteiger partial charge on any atom is 0.258 e. The zero-order chi connectivity index (χ0) is 26.6. The molecule has 2 aromatic carbocycles. The van der Waals surface area contributed by atoms with E-state index in [1.165, 1.54) is 6.07 Å². The van der Waals surface area contributed by atoms with Gasteiger partial charge in [0.2, 0.25) is 0 Å². The molecule has 1 N–H and O–H groups in total. The molecule has 1 saturated carbocycles. The largest absolute Gasteiger partial charge is 0.491 e. The van der Waals surface area contributed by atoms with Crippen molar-refractivity contribution >= 4 is 17.3 Å². The number of nitrogens with zero attached hydrogens (tertiary/aromatic N) is 3. The van der Waals surface area contributed by atoms with Crippen LogP contribution in [0.2, 0.25) is 0 Å². The van der Waals surface area contributed by atoms with Gasteiger partial charge in [-0.3, -0.25) is 9.69 Å². The number of hydrogen-bond acceptors (Lipinski definition) is 6. The lowest BCUT2D eigenvalue weighted by atomic mass is 9.75. The van der Waals surface area contributed by atoms with Gasteiger partial charge in [0.15, 0.2) is 0 Å². The average molecular weight is 536 g/mol. The molecule has 39 heavy (non-hydrogen) atoms. The molecule has 2 aromatic rings. The first-order chi connectivity index (χ1) is 18.9. The van der Waals surface area contributed by atoms with Crippen molar-refractivity contribution in [2.75, 3.05) is 62.3 Å². The molecular weight excluding hydrogens is 497 g/mol. The third-order valence-corrected chi connectivity index (χ3v) is 9.56. The number of benzene rings is 2. The Bertz CT molecular complexity index is 1250. The number of rotatable bonds is 7. The van der Waals surface area contributed by atoms with Crippen molar-refractivity contribution in [3.8, 4) is 5.75 Å². The summed E-state index contributed by atoms with van der Waals surface area (Å²) in [4.78, 5) is 19.5. The highest BCUT2D eigenvalue weighted by molar-refractivity contribution is 6.08. The van der Waals surface area contributed by atoms with Gasteiger partial charge >= 0.3 is 0 Å². The third kappa shape index (κ3) is 4.81. The van der Waals surface area contributed by atoms with Gasteiger partial charge in [0, 0.05) is 62.5 Å². The van der Waals surface area contributed by atoms with Crippen LogP contribution < -0.4 is 14.5 Å². The molecule has 1 amide bonds. The SMILES string of the molecule is O=C1c2ccc(OC[C@H]3CCCO3)cc2CCN1c1ccc(N2CCC3(CN(CC4(O)CCC4)C3)C2)c(F)c1. The first-order valence-electron chi connectivity index (χ1n) is 14.6. The maximum absolute atomic E-state index is 15.4. The summed E-state index contributed by atoms with van der Waals surface area (Å²) in [5.74, 6) is 0.385. The molecular formula is C31H38FN3O4. The van der Waals surface area contributed by atoms with Gasteiger partial charge in [-0.05, 0) is 86.9 Å². The highest BCUT2D eigenvalue weighted by Gasteiger charge is 2.50. The second kappa shape index (κ2) is 9.75. The molecule has 4 aliphatic heterocycles. The minimum Gasteiger partial charge on any atom is -0.491 e. The van der Waals surface area contributed by atoms with Crippen molar-refractivity contribution in [1.29, 1.82) is 0 Å². The molecule has 208 valence electrons. The molecule has 1 spiro atoms. The third-order valence-electron chi connectivity index (χ3n) is 9.56. The second-order valence-electron chi connectivity index (χ2n) is 12.5. The number of halogens is 1. The van der Waals surface area contributed by atoms with Crippen LogP contribution in [0.15, 0.2) is 36.4 Å². The number of β-amino-alcohol motifs (C(OH)–C–C–N with tert-alkyl or cyclic N) is 1. The van der Waals surface area contributed by atoms with Crippen molar-refractivity contribution in [1.82, 2.24) is 4.90 Å². The Labute approximate surface area is 229 Å². The van der Waals surface area contributed by atoms with E-state index in [0.717, 1.165) is 89.2 Å². The predicted octanol–water partition coefficient (Wildman–Crippen LogP) is 4.01. The monoisotopic (exact) mass is 535 g/mol. The Kier molecular flexibility index (Phi) is 6.32. The Morgan fingerprint density at radius 2 is 1.92 bits per heavy atom. The normalized spacial score (nSPS) is 25.5. The van der Waals surface area contributed by atoms with Gasteiger partial charge in [-0.15, -0.1) is 0 Å². The predicted molar refractivity (Wildman–Crippen MR) is 147 cm³/mol. The second-order valence-corrected chi connectivity index (χ2v) is 12.5. The number of anilines is 2. The summed E-state index contributed by atoms with van der Waals surface area (Å²) in [6.45, 7) is 6.25. The van der Waals surface area contributed by atoms with Crippen molar-refractivity contribution < 1.29 is 23.8 Å². The Hall–Kier alpha value is -2.68. The van der Waals surface area contributed by atoms with Gasteiger partial charge in [-0.25, -0.2) is 4.39 Å². The average Bonchev–Trinajstić information content (AvgIpc) is 3.57. The van der Waals surface area contributed by atoms with Crippen molar-refractivity contribution in [2.24, 2.45) is 5.41 Å². The standard InChI is InChI=1S/C31H38FN3O4/c32-27-16-23(4-7-28(27)34-13-11-30(20-34)18-33(19-30)21-31(37)9-2-10-31)35-12-8-22-15-24(5-6-26(22)29(35)36)39-17-25-3-1-14-38-25/h4-7,15-16,25,37H,1-3,8-14,17-21H2/t25-/m1/s1. The Morgan fingerprint density at radius 1 is 1.05 bits per heavy atom. The van der Waals surface area contributed by atoms with Crippen LogP contribution in [0.1, 0.15) is 54.4 Å². The quantitative estimate of drug-likeness (QED) is 0.578. The van der Waals surface area contributed by atoms with Crippen LogP contribution in [0.3, 0.4) is 0 Å². The summed E-state index contributed by atoms with van der Waals surface area (Å²) in [6.07, 6.45) is 6.94. The number of hydrogen-bond donors (Lipinski definition) is 1. The van der Waals surface area contributed by atoms with Crippen LogP contribution in [0, 0.1) is 11.2 Å². The zero-order valence-electron chi connectivity index (χ0n) is 22.5. The van der Waals surface area contributed by atoms with Crippen molar-refractivity contribution in [3.63, 3.8) is 0 Å². The maximum atomic E-state index is 15.4. The highest BCUT2D eigenvalue weighted by atomic mass is 19.1. The van der Waals surface area contributed by atoms with Gasteiger partial charge in [0.1, 0.15) is 18.2 Å². The number of carbonyl (C=O) groups is 1. The summed E-state index contributed by atoms with van der Waals surface area (Å²) in [7, 11) is 0. The number of carbonyl (C=O) groups excluding carboxylic acids is 1. The lowest BCUT2D eigenvalue weighted by Gasteiger charge is -2.52. The van der Waals surface area contributed by atoms with E-state index in [-0.39, 0.29) is 23.2 Å². The van der Waals surface area contributed by atoms with E-state index in [4.69, 9.17) is 9.47 Å². The molecule has 1 aliphatic carbocycles. The highest BCUT2D eigenvalue weighted by Crippen LogP contribution is 2.44. The minimum atomic E-state index is -0.477. The van der Waals surface area contributed by atoms with E-state index in [1.54, 1.807) is 4.90 Å². The summed E-state index contributed by atoms with van der Waals surface area (Å²) >= 11 is 0. The number of likely N-dealkylation sites (tertiary alicyclic amines) is 1. The fourth-order valence-corrected chi connectivity index (χ4v) is 7.26. The van der Waals surface area contributed by atoms with Crippen LogP contribution in [-0.2, 0) is 11.2 Å². The first-order valence-corrected chi connectivity index (χ1v) is 14.6. The fourth-order valence-electron chi connectivity index (χ4n) is 7.26. The van der Waals surface area contributed by atoms with Gasteiger partial charge in [-0.1, -0.05) is 0 Å². The van der Waals surface area contributed by atoms with Gasteiger partial charge in [0.05, 0.1) is 17.4 Å². The van der Waals surface area contributed by atoms with Crippen LogP contribution in [0.5, 0.6) is 5.75 Å². The molecule has 7 nitrogen and oxygen atoms in total. The summed E-state index contributed by atoms with van der Waals surface area (Å²) in [5, 5.41) is 10.5. The van der Waals surface area contributed by atoms with E-state index >= 15 is 4.39 Å².